The second-order valence-electron chi connectivity index (χ2n) is 1.87. The molecule has 0 fully saturated rings. The molecule has 0 radical (unpaired) electrons. The van der Waals surface area contributed by atoms with E-state index < -0.39 is 12.0 Å². The van der Waals surface area contributed by atoms with Crippen LogP contribution in [0.3, 0.4) is 0 Å². The van der Waals surface area contributed by atoms with Crippen LogP contribution in [0.25, 0.3) is 0 Å². The minimum atomic E-state index is -0.792. The molecule has 1 aliphatic heterocycles. The Morgan fingerprint density at radius 2 is 2.64 bits per heavy atom. The van der Waals surface area contributed by atoms with E-state index in [-0.39, 0.29) is 0 Å². The first-order valence-electron chi connectivity index (χ1n) is 3.14. The average molecular weight is 158 g/mol. The van der Waals surface area contributed by atoms with Gasteiger partial charge in [0.05, 0.1) is 11.7 Å². The maximum atomic E-state index is 10.8. The van der Waals surface area contributed by atoms with Gasteiger partial charge in [-0.3, -0.25) is 0 Å². The van der Waals surface area contributed by atoms with E-state index in [0.717, 1.165) is 6.21 Å². The van der Waals surface area contributed by atoms with E-state index in [1.165, 1.54) is 0 Å². The lowest BCUT2D eigenvalue weighted by Crippen LogP contribution is -2.22. The van der Waals surface area contributed by atoms with Gasteiger partial charge in [0, 0.05) is 4.85 Å². The Morgan fingerprint density at radius 1 is 1.91 bits per heavy atom. The zero-order chi connectivity index (χ0) is 8.27. The van der Waals surface area contributed by atoms with Crippen LogP contribution in [0.15, 0.2) is 10.3 Å². The predicted molar refractivity (Wildman–Crippen MR) is 33.4 cm³/mol. The largest absolute Gasteiger partial charge is 0.462 e. The molecule has 60 valence electrons. The smallest absolute Gasteiger partial charge is 0.366 e. The highest BCUT2D eigenvalue weighted by atomic mass is 16.5. The summed E-state index contributed by atoms with van der Waals surface area (Å²) >= 11 is 0. The van der Waals surface area contributed by atoms with Crippen molar-refractivity contribution >= 4 is 12.2 Å². The Morgan fingerprint density at radius 3 is 3.09 bits per heavy atom. The Kier molecular flexibility index (Phi) is 2.15. The van der Waals surface area contributed by atoms with Gasteiger partial charge in [0.15, 0.2) is 5.22 Å². The molecule has 0 saturated heterocycles. The first kappa shape index (κ1) is 7.64. The van der Waals surface area contributed by atoms with E-state index >= 15 is 0 Å². The summed E-state index contributed by atoms with van der Waals surface area (Å²) in [5, 5.41) is 15.2. The van der Waals surface area contributed by atoms with Gasteiger partial charge in [0.2, 0.25) is 6.21 Å². The SMILES string of the molecule is CCOC(=O)C1C=[N+](O)N=N1. The van der Waals surface area contributed by atoms with Crippen molar-refractivity contribution in [2.24, 2.45) is 10.3 Å². The predicted octanol–water partition coefficient (Wildman–Crippen LogP) is -0.229. The summed E-state index contributed by atoms with van der Waals surface area (Å²) in [6, 6.07) is -0.792. The molecule has 1 unspecified atom stereocenters. The first-order valence-corrected chi connectivity index (χ1v) is 3.14. The summed E-state index contributed by atoms with van der Waals surface area (Å²) in [7, 11) is 0. The van der Waals surface area contributed by atoms with Gasteiger partial charge in [-0.1, -0.05) is 0 Å². The van der Waals surface area contributed by atoms with E-state index in [1.807, 2.05) is 0 Å². The van der Waals surface area contributed by atoms with E-state index in [1.54, 1.807) is 6.92 Å². The zero-order valence-corrected chi connectivity index (χ0v) is 5.97. The van der Waals surface area contributed by atoms with Crippen LogP contribution in [-0.4, -0.2) is 34.9 Å². The standard InChI is InChI=1S/C5H8N3O3/c1-2-11-5(9)4-3-8(10)7-6-4/h3-4,10H,2H2,1H3/q+1. The van der Waals surface area contributed by atoms with Crippen molar-refractivity contribution in [2.45, 2.75) is 13.0 Å². The number of carbonyl (C=O) groups is 1. The lowest BCUT2D eigenvalue weighted by atomic mass is 10.3. The molecular formula is C5H8N3O3+. The topological polar surface area (TPSA) is 74.3 Å². The molecule has 6 nitrogen and oxygen atoms in total. The quantitative estimate of drug-likeness (QED) is 0.342. The maximum absolute atomic E-state index is 10.8. The molecule has 0 saturated carbocycles. The fourth-order valence-corrected chi connectivity index (χ4v) is 0.630. The van der Waals surface area contributed by atoms with Crippen molar-refractivity contribution in [1.82, 2.24) is 0 Å². The minimum absolute atomic E-state index is 0.296. The molecule has 11 heavy (non-hydrogen) atoms. The van der Waals surface area contributed by atoms with Crippen molar-refractivity contribution in [3.63, 3.8) is 0 Å². The van der Waals surface area contributed by atoms with Crippen molar-refractivity contribution in [1.29, 1.82) is 0 Å². The molecule has 1 rings (SSSR count). The fourth-order valence-electron chi connectivity index (χ4n) is 0.630. The second-order valence-corrected chi connectivity index (χ2v) is 1.87. The van der Waals surface area contributed by atoms with Gasteiger partial charge in [-0.25, -0.2) is 4.79 Å². The Bertz CT molecular complexity index is 223. The van der Waals surface area contributed by atoms with Crippen LogP contribution in [0, 0.1) is 0 Å². The Hall–Kier alpha value is -1.46. The van der Waals surface area contributed by atoms with Crippen molar-refractivity contribution in [2.75, 3.05) is 6.61 Å². The first-order chi connectivity index (χ1) is 5.24. The summed E-state index contributed by atoms with van der Waals surface area (Å²) in [4.78, 5) is 11.3. The third kappa shape index (κ3) is 1.73. The monoisotopic (exact) mass is 158 g/mol. The average Bonchev–Trinajstić information content (AvgIpc) is 2.36. The maximum Gasteiger partial charge on any atom is 0.366 e. The molecule has 0 aromatic heterocycles. The van der Waals surface area contributed by atoms with Crippen LogP contribution in [0.1, 0.15) is 6.92 Å². The van der Waals surface area contributed by atoms with Gasteiger partial charge >= 0.3 is 12.0 Å². The number of esters is 1. The van der Waals surface area contributed by atoms with E-state index in [0.29, 0.717) is 11.5 Å². The Labute approximate surface area is 62.7 Å². The molecule has 0 aromatic rings. The van der Waals surface area contributed by atoms with Crippen LogP contribution < -0.4 is 0 Å². The van der Waals surface area contributed by atoms with Crippen molar-refractivity contribution < 1.29 is 19.6 Å². The fraction of sp³-hybridized carbons (Fsp3) is 0.600. The van der Waals surface area contributed by atoms with Gasteiger partial charge in [-0.15, -0.1) is 0 Å². The van der Waals surface area contributed by atoms with Crippen LogP contribution in [0.5, 0.6) is 0 Å². The lowest BCUT2D eigenvalue weighted by Gasteiger charge is -1.95. The van der Waals surface area contributed by atoms with E-state index in [4.69, 9.17) is 5.21 Å². The van der Waals surface area contributed by atoms with Gasteiger partial charge in [0.1, 0.15) is 0 Å². The number of carbonyl (C=O) groups excluding carboxylic acids is 1. The molecule has 1 heterocycles. The number of rotatable bonds is 2. The highest BCUT2D eigenvalue weighted by molar-refractivity contribution is 5.92. The van der Waals surface area contributed by atoms with Gasteiger partial charge in [-0.05, 0) is 6.92 Å². The van der Waals surface area contributed by atoms with Crippen LogP contribution in [-0.2, 0) is 9.53 Å². The van der Waals surface area contributed by atoms with Gasteiger partial charge < -0.3 is 9.94 Å². The molecule has 0 aliphatic carbocycles. The molecule has 0 amide bonds. The number of hydrogen-bond donors (Lipinski definition) is 1. The zero-order valence-electron chi connectivity index (χ0n) is 5.97. The molecule has 0 aromatic carbocycles. The third-order valence-corrected chi connectivity index (χ3v) is 1.07. The molecule has 0 spiro atoms. The van der Waals surface area contributed by atoms with Crippen LogP contribution in [0.4, 0.5) is 0 Å². The Balaban J connectivity index is 2.51. The number of hydrogen-bond acceptors (Lipinski definition) is 5. The van der Waals surface area contributed by atoms with E-state index in [2.05, 4.69) is 15.1 Å². The van der Waals surface area contributed by atoms with Crippen LogP contribution in [0.2, 0.25) is 0 Å². The highest BCUT2D eigenvalue weighted by Gasteiger charge is 2.31. The van der Waals surface area contributed by atoms with Gasteiger partial charge in [-0.2, -0.15) is 0 Å². The van der Waals surface area contributed by atoms with Crippen molar-refractivity contribution in [3.8, 4) is 0 Å². The summed E-state index contributed by atoms with van der Waals surface area (Å²) in [6.07, 6.45) is 1.15. The normalized spacial score (nSPS) is 21.5. The molecule has 0 bridgehead atoms. The summed E-state index contributed by atoms with van der Waals surface area (Å²) in [6.45, 7) is 1.99. The van der Waals surface area contributed by atoms with E-state index in [9.17, 15) is 4.79 Å². The second kappa shape index (κ2) is 3.09. The lowest BCUT2D eigenvalue weighted by molar-refractivity contribution is -0.778. The molecular weight excluding hydrogens is 150 g/mol. The van der Waals surface area contributed by atoms with Crippen LogP contribution >= 0.6 is 0 Å². The summed E-state index contributed by atoms with van der Waals surface area (Å²) in [5.41, 5.74) is 0. The molecule has 6 heteroatoms. The molecule has 1 aliphatic rings. The minimum Gasteiger partial charge on any atom is -0.462 e. The number of ether oxygens (including phenoxy) is 1. The third-order valence-electron chi connectivity index (χ3n) is 1.07. The van der Waals surface area contributed by atoms with Gasteiger partial charge in [0.25, 0.3) is 0 Å². The number of nitrogens with zero attached hydrogens (tertiary/aromatic N) is 3. The highest BCUT2D eigenvalue weighted by Crippen LogP contribution is 1.99. The molecule has 1 N–H and O–H groups in total. The molecule has 1 atom stereocenters. The summed E-state index contributed by atoms with van der Waals surface area (Å²) in [5.74, 6) is -0.507. The van der Waals surface area contributed by atoms with Crippen molar-refractivity contribution in [3.05, 3.63) is 0 Å². The summed E-state index contributed by atoms with van der Waals surface area (Å²) < 4.78 is 4.61.